The molecule has 4 aromatic carbocycles. The van der Waals surface area contributed by atoms with Crippen molar-refractivity contribution in [3.05, 3.63) is 144 Å². The van der Waals surface area contributed by atoms with Gasteiger partial charge in [0.25, 0.3) is 8.32 Å². The van der Waals surface area contributed by atoms with Gasteiger partial charge in [-0.2, -0.15) is 5.10 Å². The van der Waals surface area contributed by atoms with Gasteiger partial charge in [-0.1, -0.05) is 105 Å². The van der Waals surface area contributed by atoms with E-state index in [0.717, 1.165) is 58.1 Å². The molecular formula is C40H39N3O3Si. The van der Waals surface area contributed by atoms with E-state index in [0.29, 0.717) is 19.0 Å². The van der Waals surface area contributed by atoms with Crippen molar-refractivity contribution in [2.45, 2.75) is 39.0 Å². The van der Waals surface area contributed by atoms with E-state index in [2.05, 4.69) is 84.4 Å². The van der Waals surface area contributed by atoms with E-state index in [-0.39, 0.29) is 0 Å². The third-order valence-corrected chi connectivity index (χ3v) is 12.5. The number of rotatable bonds is 12. The summed E-state index contributed by atoms with van der Waals surface area (Å²) >= 11 is 0. The Morgan fingerprint density at radius 1 is 0.787 bits per heavy atom. The number of hydrogen-bond acceptors (Lipinski definition) is 5. The molecule has 0 atom stereocenters. The Labute approximate surface area is 278 Å². The zero-order valence-corrected chi connectivity index (χ0v) is 28.1. The summed E-state index contributed by atoms with van der Waals surface area (Å²) < 4.78 is 20.4. The van der Waals surface area contributed by atoms with Crippen molar-refractivity contribution >= 4 is 29.6 Å². The third-order valence-electron chi connectivity index (χ3n) is 8.32. The van der Waals surface area contributed by atoms with Crippen molar-refractivity contribution in [2.75, 3.05) is 7.11 Å². The van der Waals surface area contributed by atoms with Gasteiger partial charge >= 0.3 is 0 Å². The fourth-order valence-electron chi connectivity index (χ4n) is 5.81. The number of unbranched alkanes of at least 4 members (excludes halogenated alkanes) is 1. The molecule has 0 aliphatic rings. The molecule has 0 spiro atoms. The summed E-state index contributed by atoms with van der Waals surface area (Å²) in [6.07, 6.45) is 3.99. The van der Waals surface area contributed by atoms with Crippen LogP contribution in [0, 0.1) is 11.8 Å². The molecule has 0 N–H and O–H groups in total. The van der Waals surface area contributed by atoms with Gasteiger partial charge in [-0.25, -0.2) is 0 Å². The van der Waals surface area contributed by atoms with Crippen molar-refractivity contribution in [2.24, 2.45) is 7.05 Å². The molecule has 6 nitrogen and oxygen atoms in total. The first-order valence-corrected chi connectivity index (χ1v) is 18.1. The first-order chi connectivity index (χ1) is 23.1. The highest BCUT2D eigenvalue weighted by atomic mass is 28.4. The molecule has 0 saturated heterocycles. The lowest BCUT2D eigenvalue weighted by Gasteiger charge is -2.32. The van der Waals surface area contributed by atoms with Gasteiger partial charge in [-0.3, -0.25) is 9.67 Å². The molecule has 2 aromatic heterocycles. The Morgan fingerprint density at radius 3 is 2.19 bits per heavy atom. The molecule has 236 valence electrons. The first-order valence-electron chi connectivity index (χ1n) is 16.0. The quantitative estimate of drug-likeness (QED) is 0.107. The summed E-state index contributed by atoms with van der Waals surface area (Å²) in [6, 6.07) is 40.3. The number of hydrogen-bond donors (Lipinski definition) is 0. The first kappa shape index (κ1) is 31.8. The van der Waals surface area contributed by atoms with Crippen LogP contribution in [0.4, 0.5) is 0 Å². The molecule has 7 heteroatoms. The second kappa shape index (κ2) is 15.0. The maximum absolute atomic E-state index is 7.05. The maximum Gasteiger partial charge on any atom is 0.256 e. The van der Waals surface area contributed by atoms with Gasteiger partial charge in [0.05, 0.1) is 19.4 Å². The Hall–Kier alpha value is -5.16. The lowest BCUT2D eigenvalue weighted by molar-refractivity contribution is 0.296. The van der Waals surface area contributed by atoms with Crippen molar-refractivity contribution in [3.8, 4) is 23.3 Å². The summed E-state index contributed by atoms with van der Waals surface area (Å²) in [6.45, 7) is 3.06. The molecular weight excluding hydrogens is 599 g/mol. The number of benzene rings is 4. The standard InChI is InChI=1S/C40H39N3O3Si/c1-4-5-25-47(37-14-8-6-9-15-37,38-16-10-7-11-17-38)46-30-34-28-35(43(2)42-34)21-18-32-26-33-13-12-24-41-40(33)39(27-32)45-29-31-19-22-36(44-3)23-20-31/h6-17,19-20,22-24,26-28H,4-5,25,29-30H2,1-3H3. The molecule has 2 heterocycles. The summed E-state index contributed by atoms with van der Waals surface area (Å²) in [7, 11) is 1.08. The predicted octanol–water partition coefficient (Wildman–Crippen LogP) is 7.03. The fraction of sp³-hybridized carbons (Fsp3) is 0.200. The van der Waals surface area contributed by atoms with Crippen LogP contribution >= 0.6 is 0 Å². The van der Waals surface area contributed by atoms with Crippen molar-refractivity contribution in [1.29, 1.82) is 0 Å². The zero-order chi connectivity index (χ0) is 32.5. The van der Waals surface area contributed by atoms with Crippen molar-refractivity contribution < 1.29 is 13.9 Å². The lowest BCUT2D eigenvalue weighted by atomic mass is 10.1. The van der Waals surface area contributed by atoms with Crippen LogP contribution in [0.15, 0.2) is 121 Å². The van der Waals surface area contributed by atoms with Gasteiger partial charge < -0.3 is 13.9 Å². The molecule has 0 aliphatic carbocycles. The van der Waals surface area contributed by atoms with E-state index >= 15 is 0 Å². The van der Waals surface area contributed by atoms with Crippen LogP contribution in [0.3, 0.4) is 0 Å². The SMILES string of the molecule is CCCC[Si](OCc1cc(C#Cc2cc(OCc3ccc(OC)cc3)c3ncccc3c2)n(C)n1)(c1ccccc1)c1ccccc1. The molecule has 0 fully saturated rings. The number of nitrogens with zero attached hydrogens (tertiary/aromatic N) is 3. The number of ether oxygens (including phenoxy) is 2. The highest BCUT2D eigenvalue weighted by molar-refractivity contribution is 6.97. The third kappa shape index (κ3) is 7.46. The fourth-order valence-corrected chi connectivity index (χ4v) is 9.90. The van der Waals surface area contributed by atoms with Crippen LogP contribution in [-0.4, -0.2) is 30.2 Å². The summed E-state index contributed by atoms with van der Waals surface area (Å²) in [4.78, 5) is 4.58. The van der Waals surface area contributed by atoms with Gasteiger partial charge in [-0.05, 0) is 64.3 Å². The molecule has 0 aliphatic heterocycles. The molecule has 6 rings (SSSR count). The minimum absolute atomic E-state index is 0.409. The normalized spacial score (nSPS) is 11.2. The van der Waals surface area contributed by atoms with Crippen molar-refractivity contribution in [1.82, 2.24) is 14.8 Å². The van der Waals surface area contributed by atoms with E-state index in [1.165, 1.54) is 10.4 Å². The highest BCUT2D eigenvalue weighted by Crippen LogP contribution is 2.27. The molecule has 0 bridgehead atoms. The Kier molecular flexibility index (Phi) is 10.1. The summed E-state index contributed by atoms with van der Waals surface area (Å²) in [5.74, 6) is 8.19. The number of fused-ring (bicyclic) bond motifs is 1. The summed E-state index contributed by atoms with van der Waals surface area (Å²) in [5.41, 5.74) is 4.36. The predicted molar refractivity (Wildman–Crippen MR) is 191 cm³/mol. The molecule has 6 aromatic rings. The average Bonchev–Trinajstić information content (AvgIpc) is 3.49. The molecule has 47 heavy (non-hydrogen) atoms. The second-order valence-electron chi connectivity index (χ2n) is 11.5. The monoisotopic (exact) mass is 637 g/mol. The van der Waals surface area contributed by atoms with Crippen LogP contribution in [0.25, 0.3) is 10.9 Å². The van der Waals surface area contributed by atoms with Gasteiger partial charge in [0.1, 0.15) is 29.3 Å². The molecule has 0 saturated carbocycles. The number of pyridine rings is 1. The van der Waals surface area contributed by atoms with Crippen LogP contribution < -0.4 is 19.8 Å². The van der Waals surface area contributed by atoms with E-state index in [4.69, 9.17) is 19.0 Å². The topological polar surface area (TPSA) is 58.4 Å². The smallest absolute Gasteiger partial charge is 0.256 e. The van der Waals surface area contributed by atoms with E-state index in [1.54, 1.807) is 13.3 Å². The maximum atomic E-state index is 7.05. The Balaban J connectivity index is 1.25. The number of aromatic nitrogens is 3. The van der Waals surface area contributed by atoms with Gasteiger partial charge in [0.15, 0.2) is 0 Å². The van der Waals surface area contributed by atoms with Crippen LogP contribution in [0.5, 0.6) is 11.5 Å². The molecule has 0 amide bonds. The Morgan fingerprint density at radius 2 is 1.51 bits per heavy atom. The summed E-state index contributed by atoms with van der Waals surface area (Å²) in [5, 5.41) is 8.34. The van der Waals surface area contributed by atoms with Crippen LogP contribution in [0.2, 0.25) is 6.04 Å². The van der Waals surface area contributed by atoms with Crippen LogP contribution in [0.1, 0.15) is 42.3 Å². The minimum Gasteiger partial charge on any atom is -0.497 e. The minimum atomic E-state index is -2.51. The second-order valence-corrected chi connectivity index (χ2v) is 15.1. The molecule has 0 radical (unpaired) electrons. The van der Waals surface area contributed by atoms with Crippen molar-refractivity contribution in [3.63, 3.8) is 0 Å². The molecule has 0 unspecified atom stereocenters. The van der Waals surface area contributed by atoms with Gasteiger partial charge in [0, 0.05) is 24.2 Å². The number of methoxy groups -OCH3 is 1. The number of aryl methyl sites for hydroxylation is 1. The zero-order valence-electron chi connectivity index (χ0n) is 27.1. The average molecular weight is 638 g/mol. The highest BCUT2D eigenvalue weighted by Gasteiger charge is 2.39. The van der Waals surface area contributed by atoms with E-state index < -0.39 is 8.32 Å². The largest absolute Gasteiger partial charge is 0.497 e. The van der Waals surface area contributed by atoms with Gasteiger partial charge in [-0.15, -0.1) is 0 Å². The van der Waals surface area contributed by atoms with E-state index in [9.17, 15) is 0 Å². The van der Waals surface area contributed by atoms with Gasteiger partial charge in [0.2, 0.25) is 0 Å². The van der Waals surface area contributed by atoms with Crippen LogP contribution in [-0.2, 0) is 24.7 Å². The van der Waals surface area contributed by atoms with E-state index in [1.807, 2.05) is 66.3 Å². The Bertz CT molecular complexity index is 1940. The lowest BCUT2D eigenvalue weighted by Crippen LogP contribution is -2.60.